The van der Waals surface area contributed by atoms with E-state index in [2.05, 4.69) is 16.3 Å². The van der Waals surface area contributed by atoms with Gasteiger partial charge in [-0.15, -0.1) is 0 Å². The van der Waals surface area contributed by atoms with Gasteiger partial charge in [-0.3, -0.25) is 9.78 Å². The van der Waals surface area contributed by atoms with E-state index in [1.165, 1.54) is 6.42 Å². The van der Waals surface area contributed by atoms with Crippen molar-refractivity contribution in [3.05, 3.63) is 15.5 Å². The number of aromatic nitrogens is 2. The van der Waals surface area contributed by atoms with Crippen LogP contribution in [-0.4, -0.2) is 15.9 Å². The molecule has 5 heteroatoms. The van der Waals surface area contributed by atoms with Gasteiger partial charge in [0.05, 0.1) is 0 Å². The monoisotopic (exact) mass is 227 g/mol. The fraction of sp³-hybridized carbons (Fsp3) is 0.800. The van der Waals surface area contributed by atoms with Gasteiger partial charge in [0.25, 0.3) is 0 Å². The fourth-order valence-electron chi connectivity index (χ4n) is 2.61. The summed E-state index contributed by atoms with van der Waals surface area (Å²) >= 11 is 0.996. The van der Waals surface area contributed by atoms with Gasteiger partial charge < -0.3 is 5.73 Å². The van der Waals surface area contributed by atoms with Gasteiger partial charge in [0, 0.05) is 18.0 Å². The molecule has 1 aliphatic carbocycles. The predicted octanol–water partition coefficient (Wildman–Crippen LogP) is 1.14. The van der Waals surface area contributed by atoms with E-state index in [1.807, 2.05) is 0 Å². The summed E-state index contributed by atoms with van der Waals surface area (Å²) in [5.41, 5.74) is 6.05. The first-order valence-electron chi connectivity index (χ1n) is 5.38. The van der Waals surface area contributed by atoms with Crippen molar-refractivity contribution in [2.24, 2.45) is 17.1 Å². The molecular formula is C10H17N3OS. The summed E-state index contributed by atoms with van der Waals surface area (Å²) in [5.74, 6) is 1.56. The zero-order valence-electron chi connectivity index (χ0n) is 8.95. The van der Waals surface area contributed by atoms with Crippen LogP contribution in [0.1, 0.15) is 32.0 Å². The molecule has 1 aliphatic rings. The van der Waals surface area contributed by atoms with Crippen LogP contribution in [0.3, 0.4) is 0 Å². The highest BCUT2D eigenvalue weighted by Crippen LogP contribution is 2.42. The summed E-state index contributed by atoms with van der Waals surface area (Å²) in [5, 5.41) is 0. The maximum absolute atomic E-state index is 11.0. The molecule has 0 aromatic carbocycles. The van der Waals surface area contributed by atoms with E-state index < -0.39 is 0 Å². The van der Waals surface area contributed by atoms with Crippen molar-refractivity contribution in [3.8, 4) is 0 Å². The lowest BCUT2D eigenvalue weighted by Crippen LogP contribution is -2.30. The zero-order valence-corrected chi connectivity index (χ0v) is 9.77. The average Bonchev–Trinajstić information content (AvgIpc) is 2.75. The standard InChI is InChI=1S/C10H17N3OS/c1-7-2-3-10(4-7,6-11)5-8-12-9(14)15-13-8/h7H,2-6,11H2,1H3,(H,12,13,14). The Balaban J connectivity index is 2.11. The van der Waals surface area contributed by atoms with E-state index in [4.69, 9.17) is 5.73 Å². The predicted molar refractivity (Wildman–Crippen MR) is 60.9 cm³/mol. The van der Waals surface area contributed by atoms with Crippen LogP contribution in [0, 0.1) is 11.3 Å². The number of hydrogen-bond donors (Lipinski definition) is 2. The maximum atomic E-state index is 11.0. The lowest BCUT2D eigenvalue weighted by atomic mass is 9.82. The Morgan fingerprint density at radius 3 is 3.00 bits per heavy atom. The van der Waals surface area contributed by atoms with Crippen LogP contribution in [0.15, 0.2) is 4.79 Å². The lowest BCUT2D eigenvalue weighted by molar-refractivity contribution is 0.290. The van der Waals surface area contributed by atoms with E-state index in [1.54, 1.807) is 0 Å². The first-order chi connectivity index (χ1) is 7.13. The molecule has 84 valence electrons. The molecule has 15 heavy (non-hydrogen) atoms. The lowest BCUT2D eigenvalue weighted by Gasteiger charge is -2.26. The molecule has 1 saturated carbocycles. The third-order valence-electron chi connectivity index (χ3n) is 3.41. The fourth-order valence-corrected chi connectivity index (χ4v) is 3.07. The van der Waals surface area contributed by atoms with Gasteiger partial charge in [-0.25, -0.2) is 0 Å². The van der Waals surface area contributed by atoms with Crippen LogP contribution in [0.25, 0.3) is 0 Å². The van der Waals surface area contributed by atoms with Crippen LogP contribution in [0.2, 0.25) is 0 Å². The molecule has 0 bridgehead atoms. The van der Waals surface area contributed by atoms with E-state index in [0.29, 0.717) is 6.54 Å². The second kappa shape index (κ2) is 4.06. The molecule has 0 amide bonds. The smallest absolute Gasteiger partial charge is 0.323 e. The molecule has 0 radical (unpaired) electrons. The number of nitrogens with zero attached hydrogens (tertiary/aromatic N) is 1. The minimum atomic E-state index is -0.0665. The average molecular weight is 227 g/mol. The Labute approximate surface area is 93.1 Å². The third kappa shape index (κ3) is 2.29. The van der Waals surface area contributed by atoms with E-state index in [-0.39, 0.29) is 10.3 Å². The molecule has 2 unspecified atom stereocenters. The number of nitrogens with two attached hydrogens (primary N) is 1. The number of rotatable bonds is 3. The van der Waals surface area contributed by atoms with Crippen LogP contribution in [0.5, 0.6) is 0 Å². The highest BCUT2D eigenvalue weighted by Gasteiger charge is 2.37. The summed E-state index contributed by atoms with van der Waals surface area (Å²) in [6, 6.07) is 0. The second-order valence-electron chi connectivity index (χ2n) is 4.77. The topological polar surface area (TPSA) is 71.8 Å². The molecule has 3 N–H and O–H groups in total. The summed E-state index contributed by atoms with van der Waals surface area (Å²) in [6.45, 7) is 2.96. The van der Waals surface area contributed by atoms with Gasteiger partial charge in [-0.2, -0.15) is 4.37 Å². The molecule has 1 heterocycles. The van der Waals surface area contributed by atoms with Crippen LogP contribution < -0.4 is 10.6 Å². The molecule has 1 fully saturated rings. The van der Waals surface area contributed by atoms with Gasteiger partial charge in [0.1, 0.15) is 5.82 Å². The molecule has 2 atom stereocenters. The molecule has 0 spiro atoms. The first-order valence-corrected chi connectivity index (χ1v) is 6.16. The van der Waals surface area contributed by atoms with Crippen LogP contribution >= 0.6 is 11.5 Å². The number of aromatic amines is 1. The Morgan fingerprint density at radius 1 is 1.73 bits per heavy atom. The minimum Gasteiger partial charge on any atom is -0.330 e. The largest absolute Gasteiger partial charge is 0.330 e. The third-order valence-corrected chi connectivity index (χ3v) is 3.99. The molecule has 1 aromatic heterocycles. The van der Waals surface area contributed by atoms with Gasteiger partial charge in [0.2, 0.25) is 0 Å². The van der Waals surface area contributed by atoms with Crippen molar-refractivity contribution >= 4 is 11.5 Å². The van der Waals surface area contributed by atoms with Gasteiger partial charge in [-0.05, 0) is 30.7 Å². The van der Waals surface area contributed by atoms with Crippen molar-refractivity contribution in [1.82, 2.24) is 9.36 Å². The normalized spacial score (nSPS) is 30.9. The quantitative estimate of drug-likeness (QED) is 0.813. The highest BCUT2D eigenvalue weighted by atomic mass is 32.1. The van der Waals surface area contributed by atoms with Crippen LogP contribution in [0.4, 0.5) is 0 Å². The van der Waals surface area contributed by atoms with Gasteiger partial charge in [-0.1, -0.05) is 13.3 Å². The molecule has 1 aromatic rings. The zero-order chi connectivity index (χ0) is 10.9. The highest BCUT2D eigenvalue weighted by molar-refractivity contribution is 7.02. The van der Waals surface area contributed by atoms with E-state index in [9.17, 15) is 4.79 Å². The van der Waals surface area contributed by atoms with Crippen molar-refractivity contribution in [1.29, 1.82) is 0 Å². The van der Waals surface area contributed by atoms with Gasteiger partial charge >= 0.3 is 4.87 Å². The SMILES string of the molecule is CC1CCC(CN)(Cc2nsc(=O)[nH]2)C1. The first kappa shape index (κ1) is 10.8. The summed E-state index contributed by atoms with van der Waals surface area (Å²) in [6.07, 6.45) is 4.38. The Morgan fingerprint density at radius 2 is 2.53 bits per heavy atom. The Kier molecular flexibility index (Phi) is 2.93. The maximum Gasteiger partial charge on any atom is 0.323 e. The molecule has 2 rings (SSSR count). The van der Waals surface area contributed by atoms with Crippen molar-refractivity contribution in [3.63, 3.8) is 0 Å². The summed E-state index contributed by atoms with van der Waals surface area (Å²) in [4.78, 5) is 13.7. The number of hydrogen-bond acceptors (Lipinski definition) is 4. The Bertz CT molecular complexity index is 386. The summed E-state index contributed by atoms with van der Waals surface area (Å²) in [7, 11) is 0. The Hall–Kier alpha value is -0.680. The van der Waals surface area contributed by atoms with E-state index in [0.717, 1.165) is 42.5 Å². The second-order valence-corrected chi connectivity index (χ2v) is 5.51. The molecular weight excluding hydrogens is 210 g/mol. The molecule has 0 aliphatic heterocycles. The van der Waals surface area contributed by atoms with E-state index >= 15 is 0 Å². The summed E-state index contributed by atoms with van der Waals surface area (Å²) < 4.78 is 4.12. The van der Waals surface area contributed by atoms with Crippen LogP contribution in [-0.2, 0) is 6.42 Å². The van der Waals surface area contributed by atoms with Crippen molar-refractivity contribution in [2.75, 3.05) is 6.54 Å². The molecule has 0 saturated heterocycles. The van der Waals surface area contributed by atoms with Crippen molar-refractivity contribution < 1.29 is 0 Å². The van der Waals surface area contributed by atoms with Gasteiger partial charge in [0.15, 0.2) is 0 Å². The number of nitrogens with one attached hydrogen (secondary N) is 1. The number of H-pyrrole nitrogens is 1. The van der Waals surface area contributed by atoms with Crippen molar-refractivity contribution in [2.45, 2.75) is 32.6 Å². The minimum absolute atomic E-state index is 0.0665. The molecule has 4 nitrogen and oxygen atoms in total.